The molecule has 1 heterocycles. The zero-order valence-corrected chi connectivity index (χ0v) is 18.1. The van der Waals surface area contributed by atoms with E-state index in [1.807, 2.05) is 29.6 Å². The van der Waals surface area contributed by atoms with Crippen LogP contribution in [-0.2, 0) is 15.2 Å². The summed E-state index contributed by atoms with van der Waals surface area (Å²) in [4.78, 5) is 26.8. The molecule has 0 radical (unpaired) electrons. The van der Waals surface area contributed by atoms with Crippen LogP contribution in [0.25, 0.3) is 0 Å². The molecule has 2 N–H and O–H groups in total. The van der Waals surface area contributed by atoms with E-state index in [9.17, 15) is 9.59 Å². The summed E-state index contributed by atoms with van der Waals surface area (Å²) in [6.45, 7) is 0.492. The van der Waals surface area contributed by atoms with Crippen molar-refractivity contribution in [2.75, 3.05) is 31.0 Å². The van der Waals surface area contributed by atoms with Gasteiger partial charge >= 0.3 is 6.09 Å². The minimum absolute atomic E-state index is 0.165. The fraction of sp³-hybridized carbons (Fsp3) is 0.182. The summed E-state index contributed by atoms with van der Waals surface area (Å²) in [5, 5.41) is 7.57. The van der Waals surface area contributed by atoms with Gasteiger partial charge in [-0.05, 0) is 41.8 Å². The van der Waals surface area contributed by atoms with E-state index in [2.05, 4.69) is 16.7 Å². The van der Waals surface area contributed by atoms with E-state index in [1.54, 1.807) is 53.4 Å². The smallest absolute Gasteiger partial charge is 0.411 e. The number of hydrogen-bond acceptors (Lipinski definition) is 6. The molecule has 3 aromatic rings. The quantitative estimate of drug-likeness (QED) is 0.339. The predicted molar refractivity (Wildman–Crippen MR) is 122 cm³/mol. The van der Waals surface area contributed by atoms with Crippen LogP contribution >= 0.6 is 23.1 Å². The van der Waals surface area contributed by atoms with Gasteiger partial charge in [0, 0.05) is 34.0 Å². The lowest BCUT2D eigenvalue weighted by Gasteiger charge is -2.11. The van der Waals surface area contributed by atoms with E-state index >= 15 is 0 Å². The van der Waals surface area contributed by atoms with Crippen molar-refractivity contribution >= 4 is 46.5 Å². The van der Waals surface area contributed by atoms with Gasteiger partial charge in [-0.15, -0.1) is 23.1 Å². The number of amides is 2. The Balaban J connectivity index is 1.62. The fourth-order valence-electron chi connectivity index (χ4n) is 2.57. The average Bonchev–Trinajstić information content (AvgIpc) is 3.26. The zero-order chi connectivity index (χ0) is 21.2. The topological polar surface area (TPSA) is 76.7 Å². The highest BCUT2D eigenvalue weighted by Crippen LogP contribution is 2.28. The van der Waals surface area contributed by atoms with Gasteiger partial charge in [0.05, 0.1) is 12.2 Å². The largest absolute Gasteiger partial charge is 0.447 e. The van der Waals surface area contributed by atoms with E-state index in [0.29, 0.717) is 23.5 Å². The molecule has 0 saturated carbocycles. The summed E-state index contributed by atoms with van der Waals surface area (Å²) in [6.07, 6.45) is -0.578. The third-order valence-corrected chi connectivity index (χ3v) is 6.15. The summed E-state index contributed by atoms with van der Waals surface area (Å²) < 4.78 is 9.83. The van der Waals surface area contributed by atoms with Gasteiger partial charge in [-0.1, -0.05) is 24.3 Å². The number of anilines is 2. The van der Waals surface area contributed by atoms with Gasteiger partial charge < -0.3 is 14.8 Å². The first-order valence-corrected chi connectivity index (χ1v) is 11.1. The highest BCUT2D eigenvalue weighted by atomic mass is 32.2. The first-order chi connectivity index (χ1) is 14.7. The molecule has 0 aliphatic rings. The molecule has 0 aliphatic carbocycles. The summed E-state index contributed by atoms with van der Waals surface area (Å²) in [6, 6.07) is 18.5. The maximum Gasteiger partial charge on any atom is 0.411 e. The second-order valence-electron chi connectivity index (χ2n) is 6.15. The fourth-order valence-corrected chi connectivity index (χ4v) is 4.39. The lowest BCUT2D eigenvalue weighted by molar-refractivity contribution is 0.102. The van der Waals surface area contributed by atoms with Crippen molar-refractivity contribution in [3.8, 4) is 0 Å². The Kier molecular flexibility index (Phi) is 8.31. The summed E-state index contributed by atoms with van der Waals surface area (Å²) in [7, 11) is 1.53. The molecule has 2 amide bonds. The number of ether oxygens (including phenoxy) is 2. The van der Waals surface area contributed by atoms with E-state index in [0.717, 1.165) is 10.6 Å². The monoisotopic (exact) mass is 442 g/mol. The molecule has 0 unspecified atom stereocenters. The molecule has 8 heteroatoms. The molecule has 0 atom stereocenters. The molecule has 30 heavy (non-hydrogen) atoms. The number of rotatable bonds is 9. The number of thioether (sulfide) groups is 1. The van der Waals surface area contributed by atoms with Crippen molar-refractivity contribution in [2.24, 2.45) is 0 Å². The van der Waals surface area contributed by atoms with Crippen molar-refractivity contribution in [1.29, 1.82) is 0 Å². The van der Waals surface area contributed by atoms with Crippen LogP contribution in [0.1, 0.15) is 15.2 Å². The maximum absolute atomic E-state index is 12.9. The van der Waals surface area contributed by atoms with Gasteiger partial charge in [-0.25, -0.2) is 4.79 Å². The molecule has 1 aromatic heterocycles. The lowest BCUT2D eigenvalue weighted by Crippen LogP contribution is -2.17. The molecule has 0 aliphatic heterocycles. The summed E-state index contributed by atoms with van der Waals surface area (Å²) in [5.41, 5.74) is 1.71. The van der Waals surface area contributed by atoms with Crippen molar-refractivity contribution in [1.82, 2.24) is 0 Å². The van der Waals surface area contributed by atoms with Crippen LogP contribution in [0, 0.1) is 0 Å². The zero-order valence-electron chi connectivity index (χ0n) is 16.4. The third-order valence-electron chi connectivity index (χ3n) is 3.97. The number of thiophene rings is 1. The van der Waals surface area contributed by atoms with E-state index < -0.39 is 6.09 Å². The van der Waals surface area contributed by atoms with Gasteiger partial charge in [-0.3, -0.25) is 10.1 Å². The van der Waals surface area contributed by atoms with Crippen LogP contribution in [0.4, 0.5) is 16.2 Å². The molecule has 3 rings (SSSR count). The Morgan fingerprint density at radius 2 is 1.77 bits per heavy atom. The average molecular weight is 443 g/mol. The van der Waals surface area contributed by atoms with Gasteiger partial charge in [-0.2, -0.15) is 0 Å². The molecule has 6 nitrogen and oxygen atoms in total. The van der Waals surface area contributed by atoms with Crippen LogP contribution in [0.2, 0.25) is 0 Å². The summed E-state index contributed by atoms with van der Waals surface area (Å²) >= 11 is 3.33. The predicted octanol–water partition coefficient (Wildman–Crippen LogP) is 5.49. The standard InChI is InChI=1S/C22H22N2O4S2/c1-27-11-12-28-22(26)24-17-7-4-6-16(14-17)23-21(25)19-9-2-3-10-20(19)30-15-18-8-5-13-29-18/h2-10,13-14H,11-12,15H2,1H3,(H,23,25)(H,24,26). The van der Waals surface area contributed by atoms with Gasteiger partial charge in [0.15, 0.2) is 0 Å². The van der Waals surface area contributed by atoms with E-state index in [-0.39, 0.29) is 12.5 Å². The minimum Gasteiger partial charge on any atom is -0.447 e. The molecular weight excluding hydrogens is 420 g/mol. The second kappa shape index (κ2) is 11.4. The second-order valence-corrected chi connectivity index (χ2v) is 8.20. The number of benzene rings is 2. The van der Waals surface area contributed by atoms with Crippen LogP contribution in [0.5, 0.6) is 0 Å². The first-order valence-electron chi connectivity index (χ1n) is 9.24. The SMILES string of the molecule is COCCOC(=O)Nc1cccc(NC(=O)c2ccccc2SCc2cccs2)c1. The minimum atomic E-state index is -0.578. The van der Waals surface area contributed by atoms with Crippen LogP contribution in [-0.4, -0.2) is 32.3 Å². The molecule has 156 valence electrons. The Morgan fingerprint density at radius 3 is 2.53 bits per heavy atom. The highest BCUT2D eigenvalue weighted by molar-refractivity contribution is 7.98. The maximum atomic E-state index is 12.9. The Morgan fingerprint density at radius 1 is 0.967 bits per heavy atom. The van der Waals surface area contributed by atoms with Crippen molar-refractivity contribution in [3.05, 3.63) is 76.5 Å². The number of carbonyl (C=O) groups excluding carboxylic acids is 2. The molecule has 0 spiro atoms. The normalized spacial score (nSPS) is 10.4. The summed E-state index contributed by atoms with van der Waals surface area (Å²) in [5.74, 6) is 0.608. The number of methoxy groups -OCH3 is 1. The van der Waals surface area contributed by atoms with Crippen LogP contribution in [0.3, 0.4) is 0 Å². The Bertz CT molecular complexity index is 977. The van der Waals surface area contributed by atoms with Crippen LogP contribution in [0.15, 0.2) is 70.9 Å². The van der Waals surface area contributed by atoms with E-state index in [1.165, 1.54) is 12.0 Å². The van der Waals surface area contributed by atoms with Gasteiger partial charge in [0.25, 0.3) is 5.91 Å². The van der Waals surface area contributed by atoms with Crippen LogP contribution < -0.4 is 10.6 Å². The Labute approximate surface area is 183 Å². The third kappa shape index (κ3) is 6.62. The number of nitrogens with one attached hydrogen (secondary N) is 2. The molecule has 0 bridgehead atoms. The van der Waals surface area contributed by atoms with Crippen molar-refractivity contribution < 1.29 is 19.1 Å². The lowest BCUT2D eigenvalue weighted by atomic mass is 10.2. The van der Waals surface area contributed by atoms with Crippen molar-refractivity contribution in [2.45, 2.75) is 10.6 Å². The first kappa shape index (κ1) is 21.9. The molecular formula is C22H22N2O4S2. The molecule has 0 saturated heterocycles. The highest BCUT2D eigenvalue weighted by Gasteiger charge is 2.13. The van der Waals surface area contributed by atoms with Gasteiger partial charge in [0.1, 0.15) is 6.61 Å². The van der Waals surface area contributed by atoms with E-state index in [4.69, 9.17) is 9.47 Å². The van der Waals surface area contributed by atoms with Gasteiger partial charge in [0.2, 0.25) is 0 Å². The molecule has 2 aromatic carbocycles. The molecule has 0 fully saturated rings. The number of carbonyl (C=O) groups is 2. The Hall–Kier alpha value is -2.81. The number of hydrogen-bond donors (Lipinski definition) is 2. The van der Waals surface area contributed by atoms with Crippen molar-refractivity contribution in [3.63, 3.8) is 0 Å².